The van der Waals surface area contributed by atoms with Gasteiger partial charge >= 0.3 is 0 Å². The molecular formula is C12H16N4O4S. The summed E-state index contributed by atoms with van der Waals surface area (Å²) in [6, 6.07) is 5.05. The van der Waals surface area contributed by atoms with Crippen molar-refractivity contribution in [1.82, 2.24) is 14.9 Å². The molecule has 0 saturated heterocycles. The average Bonchev–Trinajstić information content (AvgIpc) is 2.85. The molecule has 0 spiro atoms. The number of hydrogen-bond acceptors (Lipinski definition) is 5. The fourth-order valence-corrected chi connectivity index (χ4v) is 2.68. The molecule has 2 N–H and O–H groups in total. The first-order valence-corrected chi connectivity index (χ1v) is 7.85. The zero-order valence-electron chi connectivity index (χ0n) is 11.4. The maximum Gasteiger partial charge on any atom is 0.246 e. The van der Waals surface area contributed by atoms with E-state index in [9.17, 15) is 13.2 Å². The van der Waals surface area contributed by atoms with Crippen LogP contribution in [0.1, 0.15) is 0 Å². The van der Waals surface area contributed by atoms with Crippen molar-refractivity contribution in [3.63, 3.8) is 0 Å². The minimum absolute atomic E-state index is 0.0203. The Bertz CT molecular complexity index is 726. The van der Waals surface area contributed by atoms with Crippen LogP contribution >= 0.6 is 0 Å². The third-order valence-corrected chi connectivity index (χ3v) is 3.93. The summed E-state index contributed by atoms with van der Waals surface area (Å²) >= 11 is 0. The number of aromatic nitrogens is 2. The molecule has 2 aromatic rings. The van der Waals surface area contributed by atoms with E-state index in [4.69, 9.17) is 0 Å². The molecule has 2 rings (SSSR count). The number of sulfonamides is 1. The quantitative estimate of drug-likeness (QED) is 0.739. The summed E-state index contributed by atoms with van der Waals surface area (Å²) in [5.74, 6) is -0.569. The molecule has 0 aliphatic heterocycles. The number of methoxy groups -OCH3 is 1. The Kier molecular flexibility index (Phi) is 4.76. The Morgan fingerprint density at radius 3 is 3.00 bits per heavy atom. The van der Waals surface area contributed by atoms with E-state index in [2.05, 4.69) is 19.9 Å². The van der Waals surface area contributed by atoms with Crippen LogP contribution in [0.4, 0.5) is 5.69 Å². The lowest BCUT2D eigenvalue weighted by molar-refractivity contribution is -0.124. The monoisotopic (exact) mass is 312 g/mol. The van der Waals surface area contributed by atoms with Crippen LogP contribution in [-0.4, -0.2) is 50.0 Å². The van der Waals surface area contributed by atoms with Crippen LogP contribution in [0.25, 0.3) is 5.52 Å². The highest BCUT2D eigenvalue weighted by molar-refractivity contribution is 7.92. The Morgan fingerprint density at radius 1 is 1.43 bits per heavy atom. The molecule has 0 aliphatic rings. The van der Waals surface area contributed by atoms with Gasteiger partial charge in [0.25, 0.3) is 0 Å². The maximum absolute atomic E-state index is 11.9. The SMILES string of the molecule is COCC(=O)NCCS(=O)(=O)Nc1ccn2nccc2c1. The number of nitrogens with one attached hydrogen (secondary N) is 2. The Labute approximate surface area is 122 Å². The summed E-state index contributed by atoms with van der Waals surface area (Å²) in [6.07, 6.45) is 3.28. The number of nitrogens with zero attached hydrogens (tertiary/aromatic N) is 2. The van der Waals surface area contributed by atoms with Gasteiger partial charge in [-0.15, -0.1) is 0 Å². The fraction of sp³-hybridized carbons (Fsp3) is 0.333. The summed E-state index contributed by atoms with van der Waals surface area (Å²) in [5, 5.41) is 6.48. The molecule has 21 heavy (non-hydrogen) atoms. The van der Waals surface area contributed by atoms with E-state index >= 15 is 0 Å². The van der Waals surface area contributed by atoms with Crippen LogP contribution in [0.2, 0.25) is 0 Å². The summed E-state index contributed by atoms with van der Waals surface area (Å²) in [5.41, 5.74) is 1.23. The van der Waals surface area contributed by atoms with Gasteiger partial charge in [-0.05, 0) is 18.2 Å². The highest BCUT2D eigenvalue weighted by Gasteiger charge is 2.11. The number of ether oxygens (including phenoxy) is 1. The van der Waals surface area contributed by atoms with Crippen molar-refractivity contribution < 1.29 is 17.9 Å². The smallest absolute Gasteiger partial charge is 0.246 e. The van der Waals surface area contributed by atoms with Crippen molar-refractivity contribution >= 4 is 27.1 Å². The fourth-order valence-electron chi connectivity index (χ4n) is 1.72. The van der Waals surface area contributed by atoms with Gasteiger partial charge in [-0.1, -0.05) is 0 Å². The van der Waals surface area contributed by atoms with Gasteiger partial charge in [0, 0.05) is 26.0 Å². The molecule has 0 radical (unpaired) electrons. The molecule has 8 nitrogen and oxygen atoms in total. The van der Waals surface area contributed by atoms with Gasteiger partial charge in [0.2, 0.25) is 15.9 Å². The molecule has 0 aromatic carbocycles. The minimum Gasteiger partial charge on any atom is -0.375 e. The lowest BCUT2D eigenvalue weighted by Crippen LogP contribution is -2.33. The topological polar surface area (TPSA) is 102 Å². The van der Waals surface area contributed by atoms with Gasteiger partial charge in [0.1, 0.15) is 6.61 Å². The van der Waals surface area contributed by atoms with Crippen molar-refractivity contribution in [1.29, 1.82) is 0 Å². The van der Waals surface area contributed by atoms with Crippen LogP contribution in [-0.2, 0) is 19.6 Å². The lowest BCUT2D eigenvalue weighted by atomic mass is 10.4. The molecule has 2 heterocycles. The van der Waals surface area contributed by atoms with Crippen molar-refractivity contribution in [2.45, 2.75) is 0 Å². The van der Waals surface area contributed by atoms with E-state index in [1.807, 2.05) is 0 Å². The van der Waals surface area contributed by atoms with E-state index < -0.39 is 10.0 Å². The van der Waals surface area contributed by atoms with E-state index in [0.717, 1.165) is 5.52 Å². The van der Waals surface area contributed by atoms with E-state index in [0.29, 0.717) is 5.69 Å². The van der Waals surface area contributed by atoms with E-state index in [1.54, 1.807) is 35.1 Å². The Morgan fingerprint density at radius 2 is 2.24 bits per heavy atom. The third kappa shape index (κ3) is 4.43. The third-order valence-electron chi connectivity index (χ3n) is 2.64. The van der Waals surface area contributed by atoms with Crippen molar-refractivity contribution in [3.8, 4) is 0 Å². The van der Waals surface area contributed by atoms with Gasteiger partial charge in [-0.2, -0.15) is 5.10 Å². The summed E-state index contributed by atoms with van der Waals surface area (Å²) in [4.78, 5) is 11.1. The van der Waals surface area contributed by atoms with Crippen molar-refractivity contribution in [2.75, 3.05) is 30.7 Å². The number of amides is 1. The number of hydrogen-bond donors (Lipinski definition) is 2. The summed E-state index contributed by atoms with van der Waals surface area (Å²) in [7, 11) is -2.14. The number of rotatable bonds is 7. The second-order valence-electron chi connectivity index (χ2n) is 4.32. The molecule has 0 bridgehead atoms. The molecule has 0 aliphatic carbocycles. The predicted octanol–water partition coefficient (Wildman–Crippen LogP) is -0.161. The van der Waals surface area contributed by atoms with Crippen LogP contribution in [0.3, 0.4) is 0 Å². The van der Waals surface area contributed by atoms with Crippen LogP contribution in [0, 0.1) is 0 Å². The molecular weight excluding hydrogens is 296 g/mol. The van der Waals surface area contributed by atoms with Gasteiger partial charge in [0.15, 0.2) is 0 Å². The molecule has 1 amide bonds. The normalized spacial score (nSPS) is 11.5. The number of carbonyl (C=O) groups is 1. The zero-order chi connectivity index (χ0) is 15.3. The van der Waals surface area contributed by atoms with E-state index in [-0.39, 0.29) is 24.8 Å². The largest absolute Gasteiger partial charge is 0.375 e. The van der Waals surface area contributed by atoms with Gasteiger partial charge < -0.3 is 10.1 Å². The highest BCUT2D eigenvalue weighted by Crippen LogP contribution is 2.12. The van der Waals surface area contributed by atoms with Crippen LogP contribution < -0.4 is 10.0 Å². The number of anilines is 1. The summed E-state index contributed by atoms with van der Waals surface area (Å²) in [6.45, 7) is -0.0716. The molecule has 0 fully saturated rings. The number of pyridine rings is 1. The van der Waals surface area contributed by atoms with Crippen molar-refractivity contribution in [2.24, 2.45) is 0 Å². The first kappa shape index (κ1) is 15.3. The Balaban J connectivity index is 1.92. The second kappa shape index (κ2) is 6.55. The summed E-state index contributed by atoms with van der Waals surface area (Å²) < 4.78 is 32.5. The minimum atomic E-state index is -3.53. The Hall–Kier alpha value is -2.13. The standard InChI is InChI=1S/C12H16N4O4S/c1-20-9-12(17)13-5-7-21(18,19)15-10-3-6-16-11(8-10)2-4-14-16/h2-4,6,8,15H,5,7,9H2,1H3,(H,13,17). The molecule has 9 heteroatoms. The molecule has 0 unspecified atom stereocenters. The van der Waals surface area contributed by atoms with Crippen LogP contribution in [0.15, 0.2) is 30.6 Å². The first-order chi connectivity index (χ1) is 10.00. The zero-order valence-corrected chi connectivity index (χ0v) is 12.3. The lowest BCUT2D eigenvalue weighted by Gasteiger charge is -2.09. The van der Waals surface area contributed by atoms with Crippen molar-refractivity contribution in [3.05, 3.63) is 30.6 Å². The second-order valence-corrected chi connectivity index (χ2v) is 6.16. The molecule has 0 saturated carbocycles. The maximum atomic E-state index is 11.9. The average molecular weight is 312 g/mol. The van der Waals surface area contributed by atoms with E-state index in [1.165, 1.54) is 7.11 Å². The molecule has 2 aromatic heterocycles. The highest BCUT2D eigenvalue weighted by atomic mass is 32.2. The number of fused-ring (bicyclic) bond motifs is 1. The van der Waals surface area contributed by atoms with Gasteiger partial charge in [0.05, 0.1) is 17.0 Å². The first-order valence-electron chi connectivity index (χ1n) is 6.20. The number of carbonyl (C=O) groups excluding carboxylic acids is 1. The van der Waals surface area contributed by atoms with Crippen LogP contribution in [0.5, 0.6) is 0 Å². The molecule has 114 valence electrons. The van der Waals surface area contributed by atoms with Gasteiger partial charge in [-0.25, -0.2) is 12.9 Å². The molecule has 0 atom stereocenters. The predicted molar refractivity (Wildman–Crippen MR) is 77.5 cm³/mol. The van der Waals surface area contributed by atoms with Gasteiger partial charge in [-0.3, -0.25) is 9.52 Å².